The van der Waals surface area contributed by atoms with Gasteiger partial charge in [-0.25, -0.2) is 0 Å². The minimum absolute atomic E-state index is 0.0206. The number of rotatable bonds is 3. The Morgan fingerprint density at radius 2 is 2.15 bits per heavy atom. The molecule has 0 aromatic carbocycles. The van der Waals surface area contributed by atoms with E-state index in [0.29, 0.717) is 5.92 Å². The van der Waals surface area contributed by atoms with E-state index in [4.69, 9.17) is 10.8 Å². The second-order valence-corrected chi connectivity index (χ2v) is 3.52. The third kappa shape index (κ3) is 2.50. The van der Waals surface area contributed by atoms with E-state index in [1.165, 1.54) is 0 Å². The zero-order chi connectivity index (χ0) is 9.84. The topological polar surface area (TPSA) is 59.1 Å². The first-order valence-corrected chi connectivity index (χ1v) is 4.46. The molecular weight excluding hydrogens is 164 g/mol. The number of hydrogen-bond acceptors (Lipinski definition) is 3. The summed E-state index contributed by atoms with van der Waals surface area (Å²) in [7, 11) is 0. The summed E-state index contributed by atoms with van der Waals surface area (Å²) in [5.41, 5.74) is 7.61. The van der Waals surface area contributed by atoms with Crippen LogP contribution in [0.25, 0.3) is 0 Å². The van der Waals surface area contributed by atoms with Crippen LogP contribution in [0.1, 0.15) is 31.1 Å². The van der Waals surface area contributed by atoms with E-state index >= 15 is 0 Å². The number of pyridine rings is 1. The van der Waals surface area contributed by atoms with Crippen LogP contribution < -0.4 is 5.73 Å². The van der Waals surface area contributed by atoms with Gasteiger partial charge in [0.2, 0.25) is 0 Å². The van der Waals surface area contributed by atoms with Gasteiger partial charge in [0.1, 0.15) is 0 Å². The predicted molar refractivity (Wildman–Crippen MR) is 51.9 cm³/mol. The summed E-state index contributed by atoms with van der Waals surface area (Å²) in [6, 6.07) is 3.70. The van der Waals surface area contributed by atoms with Crippen molar-refractivity contribution in [3.8, 4) is 0 Å². The first-order chi connectivity index (χ1) is 6.15. The molecule has 0 saturated heterocycles. The van der Waals surface area contributed by atoms with Crippen molar-refractivity contribution < 1.29 is 5.11 Å². The minimum Gasteiger partial charge on any atom is -0.392 e. The third-order valence-electron chi connectivity index (χ3n) is 2.09. The van der Waals surface area contributed by atoms with Crippen LogP contribution in [0, 0.1) is 5.92 Å². The first kappa shape index (κ1) is 10.2. The monoisotopic (exact) mass is 180 g/mol. The standard InChI is InChI=1S/C10H16N2O/c1-7(2)10(11)9-4-3-8(6-13)5-12-9/h3-5,7,10,13H,6,11H2,1-2H3/t10-/m1/s1. The molecule has 3 N–H and O–H groups in total. The van der Waals surface area contributed by atoms with Gasteiger partial charge in [-0.2, -0.15) is 0 Å². The van der Waals surface area contributed by atoms with Crippen molar-refractivity contribution in [2.75, 3.05) is 0 Å². The Morgan fingerprint density at radius 3 is 2.54 bits per heavy atom. The van der Waals surface area contributed by atoms with Crippen molar-refractivity contribution in [3.63, 3.8) is 0 Å². The van der Waals surface area contributed by atoms with Crippen molar-refractivity contribution in [3.05, 3.63) is 29.6 Å². The van der Waals surface area contributed by atoms with Gasteiger partial charge in [0.05, 0.1) is 12.3 Å². The molecule has 1 heterocycles. The maximum absolute atomic E-state index is 8.81. The molecule has 0 aliphatic rings. The Labute approximate surface area is 78.6 Å². The average Bonchev–Trinajstić information content (AvgIpc) is 2.17. The highest BCUT2D eigenvalue weighted by Gasteiger charge is 2.10. The van der Waals surface area contributed by atoms with E-state index in [2.05, 4.69) is 18.8 Å². The van der Waals surface area contributed by atoms with Crippen LogP contribution in [0.5, 0.6) is 0 Å². The number of aliphatic hydroxyl groups is 1. The van der Waals surface area contributed by atoms with Gasteiger partial charge in [0, 0.05) is 12.2 Å². The van der Waals surface area contributed by atoms with Gasteiger partial charge >= 0.3 is 0 Å². The molecule has 3 nitrogen and oxygen atoms in total. The van der Waals surface area contributed by atoms with Crippen LogP contribution in [0.4, 0.5) is 0 Å². The molecule has 1 aromatic rings. The zero-order valence-corrected chi connectivity index (χ0v) is 8.07. The van der Waals surface area contributed by atoms with E-state index in [1.807, 2.05) is 12.1 Å². The van der Waals surface area contributed by atoms with Crippen LogP contribution in [0.3, 0.4) is 0 Å². The lowest BCUT2D eigenvalue weighted by Crippen LogP contribution is -2.17. The van der Waals surface area contributed by atoms with Gasteiger partial charge < -0.3 is 10.8 Å². The molecule has 72 valence electrons. The van der Waals surface area contributed by atoms with Gasteiger partial charge in [-0.3, -0.25) is 4.98 Å². The number of aliphatic hydroxyl groups excluding tert-OH is 1. The SMILES string of the molecule is CC(C)[C@@H](N)c1ccc(CO)cn1. The van der Waals surface area contributed by atoms with Crippen molar-refractivity contribution in [1.29, 1.82) is 0 Å². The van der Waals surface area contributed by atoms with Gasteiger partial charge in [0.15, 0.2) is 0 Å². The number of nitrogens with zero attached hydrogens (tertiary/aromatic N) is 1. The molecule has 0 amide bonds. The molecule has 0 aliphatic heterocycles. The van der Waals surface area contributed by atoms with E-state index in [-0.39, 0.29) is 12.6 Å². The smallest absolute Gasteiger partial charge is 0.0696 e. The van der Waals surface area contributed by atoms with E-state index < -0.39 is 0 Å². The molecule has 13 heavy (non-hydrogen) atoms. The zero-order valence-electron chi connectivity index (χ0n) is 8.07. The summed E-state index contributed by atoms with van der Waals surface area (Å²) < 4.78 is 0. The van der Waals surface area contributed by atoms with Crippen molar-refractivity contribution in [2.24, 2.45) is 11.7 Å². The van der Waals surface area contributed by atoms with Crippen LogP contribution >= 0.6 is 0 Å². The number of nitrogens with two attached hydrogens (primary N) is 1. The van der Waals surface area contributed by atoms with Gasteiger partial charge in [-0.1, -0.05) is 19.9 Å². The molecule has 1 atom stereocenters. The fourth-order valence-electron chi connectivity index (χ4n) is 1.07. The van der Waals surface area contributed by atoms with E-state index in [9.17, 15) is 0 Å². The van der Waals surface area contributed by atoms with Crippen LogP contribution in [0.15, 0.2) is 18.3 Å². The largest absolute Gasteiger partial charge is 0.392 e. The lowest BCUT2D eigenvalue weighted by atomic mass is 10.0. The van der Waals surface area contributed by atoms with Gasteiger partial charge in [-0.15, -0.1) is 0 Å². The average molecular weight is 180 g/mol. The Morgan fingerprint density at radius 1 is 1.46 bits per heavy atom. The van der Waals surface area contributed by atoms with Crippen LogP contribution in [-0.4, -0.2) is 10.1 Å². The summed E-state index contributed by atoms with van der Waals surface area (Å²) in [6.45, 7) is 4.16. The second kappa shape index (κ2) is 4.35. The second-order valence-electron chi connectivity index (χ2n) is 3.52. The lowest BCUT2D eigenvalue weighted by Gasteiger charge is -2.14. The van der Waals surface area contributed by atoms with Gasteiger partial charge in [-0.05, 0) is 17.5 Å². The molecule has 0 fully saturated rings. The normalized spacial score (nSPS) is 13.3. The highest BCUT2D eigenvalue weighted by atomic mass is 16.3. The lowest BCUT2D eigenvalue weighted by molar-refractivity contribution is 0.281. The Balaban J connectivity index is 2.79. The Hall–Kier alpha value is -0.930. The molecule has 1 rings (SSSR count). The van der Waals surface area contributed by atoms with Crippen LogP contribution in [-0.2, 0) is 6.61 Å². The van der Waals surface area contributed by atoms with Crippen molar-refractivity contribution in [1.82, 2.24) is 4.98 Å². The van der Waals surface area contributed by atoms with Gasteiger partial charge in [0.25, 0.3) is 0 Å². The molecule has 0 radical (unpaired) electrons. The molecule has 0 unspecified atom stereocenters. The number of aromatic nitrogens is 1. The maximum Gasteiger partial charge on any atom is 0.0696 e. The maximum atomic E-state index is 8.81. The fraction of sp³-hybridized carbons (Fsp3) is 0.500. The summed E-state index contributed by atoms with van der Waals surface area (Å²) in [5.74, 6) is 0.382. The highest BCUT2D eigenvalue weighted by molar-refractivity contribution is 5.15. The third-order valence-corrected chi connectivity index (χ3v) is 2.09. The van der Waals surface area contributed by atoms with E-state index in [1.54, 1.807) is 6.20 Å². The number of hydrogen-bond donors (Lipinski definition) is 2. The van der Waals surface area contributed by atoms with Crippen molar-refractivity contribution in [2.45, 2.75) is 26.5 Å². The Kier molecular flexibility index (Phi) is 3.39. The highest BCUT2D eigenvalue weighted by Crippen LogP contribution is 2.16. The summed E-state index contributed by atoms with van der Waals surface area (Å²) >= 11 is 0. The summed E-state index contributed by atoms with van der Waals surface area (Å²) in [5, 5.41) is 8.81. The fourth-order valence-corrected chi connectivity index (χ4v) is 1.07. The molecule has 0 aliphatic carbocycles. The molecule has 0 saturated carbocycles. The molecule has 3 heteroatoms. The van der Waals surface area contributed by atoms with E-state index in [0.717, 1.165) is 11.3 Å². The molecular formula is C10H16N2O. The molecule has 0 bridgehead atoms. The molecule has 1 aromatic heterocycles. The Bertz CT molecular complexity index is 256. The minimum atomic E-state index is -0.0206. The van der Waals surface area contributed by atoms with Crippen LogP contribution in [0.2, 0.25) is 0 Å². The molecule has 0 spiro atoms. The quantitative estimate of drug-likeness (QED) is 0.735. The summed E-state index contributed by atoms with van der Waals surface area (Å²) in [6.07, 6.45) is 1.66. The summed E-state index contributed by atoms with van der Waals surface area (Å²) in [4.78, 5) is 4.19. The van der Waals surface area contributed by atoms with Crippen molar-refractivity contribution >= 4 is 0 Å². The first-order valence-electron chi connectivity index (χ1n) is 4.46. The predicted octanol–water partition coefficient (Wildman–Crippen LogP) is 1.23.